The molecular formula is C18H18N4O5S. The molecule has 1 saturated heterocycles. The SMILES string of the molecule is O=C(COC(=O)CN1C(=O)[C@H]2CCCC[C@@H]2C1=O)Nc1cccc2c1N=S=N2. The fourth-order valence-electron chi connectivity index (χ4n) is 3.80. The number of nitrogens with zero attached hydrogens (tertiary/aromatic N) is 3. The highest BCUT2D eigenvalue weighted by atomic mass is 32.1. The van der Waals surface area contributed by atoms with Crippen molar-refractivity contribution >= 4 is 52.1 Å². The molecule has 0 bridgehead atoms. The minimum atomic E-state index is -0.788. The van der Waals surface area contributed by atoms with Crippen molar-refractivity contribution in [2.75, 3.05) is 18.5 Å². The second-order valence-corrected chi connectivity index (χ2v) is 7.43. The van der Waals surface area contributed by atoms with Gasteiger partial charge >= 0.3 is 5.97 Å². The van der Waals surface area contributed by atoms with Gasteiger partial charge in [-0.05, 0) is 25.0 Å². The Kier molecular flexibility index (Phi) is 5.03. The highest BCUT2D eigenvalue weighted by Crippen LogP contribution is 2.39. The number of rotatable bonds is 5. The van der Waals surface area contributed by atoms with Crippen LogP contribution in [0, 0.1) is 11.8 Å². The van der Waals surface area contributed by atoms with Gasteiger partial charge in [0.2, 0.25) is 11.8 Å². The zero-order valence-corrected chi connectivity index (χ0v) is 15.7. The average Bonchev–Trinajstić information content (AvgIpc) is 3.27. The Hall–Kier alpha value is -2.88. The van der Waals surface area contributed by atoms with Gasteiger partial charge in [0, 0.05) is 0 Å². The Morgan fingerprint density at radius 1 is 1.14 bits per heavy atom. The number of carbonyl (C=O) groups is 4. The van der Waals surface area contributed by atoms with Crippen molar-refractivity contribution in [3.8, 4) is 0 Å². The van der Waals surface area contributed by atoms with Gasteiger partial charge in [-0.1, -0.05) is 18.9 Å². The first-order chi connectivity index (χ1) is 13.5. The summed E-state index contributed by atoms with van der Waals surface area (Å²) in [6, 6.07) is 5.18. The number of fused-ring (bicyclic) bond motifs is 2. The lowest BCUT2D eigenvalue weighted by atomic mass is 9.81. The normalized spacial score (nSPS) is 22.5. The topological polar surface area (TPSA) is 118 Å². The van der Waals surface area contributed by atoms with Crippen molar-refractivity contribution in [2.24, 2.45) is 20.6 Å². The van der Waals surface area contributed by atoms with Gasteiger partial charge < -0.3 is 10.1 Å². The summed E-state index contributed by atoms with van der Waals surface area (Å²) in [7, 11) is 0. The van der Waals surface area contributed by atoms with E-state index < -0.39 is 25.0 Å². The second-order valence-electron chi connectivity index (χ2n) is 6.91. The molecule has 4 rings (SSSR count). The molecule has 1 aliphatic carbocycles. The van der Waals surface area contributed by atoms with Crippen molar-refractivity contribution in [1.82, 2.24) is 4.90 Å². The molecule has 2 heterocycles. The van der Waals surface area contributed by atoms with Crippen molar-refractivity contribution in [3.63, 3.8) is 0 Å². The zero-order chi connectivity index (χ0) is 19.7. The van der Waals surface area contributed by atoms with Crippen LogP contribution in [0.15, 0.2) is 26.9 Å². The summed E-state index contributed by atoms with van der Waals surface area (Å²) in [6.45, 7) is -0.973. The fourth-order valence-corrected chi connectivity index (χ4v) is 4.35. The van der Waals surface area contributed by atoms with Gasteiger partial charge in [0.1, 0.15) is 17.9 Å². The molecule has 10 heteroatoms. The Morgan fingerprint density at radius 3 is 2.57 bits per heavy atom. The van der Waals surface area contributed by atoms with Crippen LogP contribution < -0.4 is 5.32 Å². The van der Waals surface area contributed by atoms with Crippen LogP contribution in [0.4, 0.5) is 17.1 Å². The molecule has 0 spiro atoms. The number of esters is 1. The van der Waals surface area contributed by atoms with Gasteiger partial charge in [0.15, 0.2) is 6.61 Å². The monoisotopic (exact) mass is 402 g/mol. The summed E-state index contributed by atoms with van der Waals surface area (Å²) >= 11 is 1.03. The maximum atomic E-state index is 12.4. The van der Waals surface area contributed by atoms with E-state index in [4.69, 9.17) is 4.74 Å². The standard InChI is InChI=1S/C18H18N4O5S/c23-14(19-12-6-3-7-13-16(12)21-28-20-13)9-27-15(24)8-22-17(25)10-4-1-2-5-11(10)18(22)26/h3,6-7,10-11H,1-2,4-5,8-9H2,(H,19,23)/t10-,11-/m0/s1. The Balaban J connectivity index is 1.30. The van der Waals surface area contributed by atoms with Crippen molar-refractivity contribution in [1.29, 1.82) is 0 Å². The van der Waals surface area contributed by atoms with Crippen LogP contribution >= 0.6 is 0 Å². The number of carbonyl (C=O) groups excluding carboxylic acids is 4. The highest BCUT2D eigenvalue weighted by molar-refractivity contribution is 7.58. The first kappa shape index (κ1) is 18.5. The van der Waals surface area contributed by atoms with E-state index in [0.29, 0.717) is 29.9 Å². The number of anilines is 1. The third kappa shape index (κ3) is 3.47. The van der Waals surface area contributed by atoms with E-state index in [2.05, 4.69) is 14.0 Å². The van der Waals surface area contributed by atoms with Crippen molar-refractivity contribution < 1.29 is 23.9 Å². The number of amides is 3. The zero-order valence-electron chi connectivity index (χ0n) is 14.9. The molecule has 2 fully saturated rings. The lowest BCUT2D eigenvalue weighted by Crippen LogP contribution is -2.37. The van der Waals surface area contributed by atoms with Gasteiger partial charge in [-0.25, -0.2) is 0 Å². The molecule has 1 aromatic carbocycles. The summed E-state index contributed by atoms with van der Waals surface area (Å²) in [5.74, 6) is -2.57. The van der Waals surface area contributed by atoms with E-state index in [1.165, 1.54) is 0 Å². The molecule has 28 heavy (non-hydrogen) atoms. The van der Waals surface area contributed by atoms with Gasteiger partial charge in [-0.2, -0.15) is 8.73 Å². The van der Waals surface area contributed by atoms with Crippen LogP contribution in [0.25, 0.3) is 0 Å². The van der Waals surface area contributed by atoms with Gasteiger partial charge in [0.25, 0.3) is 5.91 Å². The summed E-state index contributed by atoms with van der Waals surface area (Å²) in [6.07, 6.45) is 3.19. The lowest BCUT2D eigenvalue weighted by molar-refractivity contribution is -0.154. The van der Waals surface area contributed by atoms with Crippen LogP contribution in [-0.4, -0.2) is 41.7 Å². The molecule has 3 amide bonds. The molecular weight excluding hydrogens is 384 g/mol. The molecule has 2 atom stereocenters. The first-order valence-corrected chi connectivity index (χ1v) is 9.79. The maximum absolute atomic E-state index is 12.4. The molecule has 2 aliphatic heterocycles. The van der Waals surface area contributed by atoms with Crippen LogP contribution in [-0.2, 0) is 35.3 Å². The number of ether oxygens (including phenoxy) is 1. The molecule has 0 radical (unpaired) electrons. The number of hydrogen-bond donors (Lipinski definition) is 1. The maximum Gasteiger partial charge on any atom is 0.326 e. The molecule has 0 unspecified atom stereocenters. The van der Waals surface area contributed by atoms with Crippen LogP contribution in [0.2, 0.25) is 0 Å². The predicted molar refractivity (Wildman–Crippen MR) is 99.7 cm³/mol. The first-order valence-electron chi connectivity index (χ1n) is 9.06. The van der Waals surface area contributed by atoms with Crippen LogP contribution in [0.5, 0.6) is 0 Å². The molecule has 1 saturated carbocycles. The molecule has 0 aromatic heterocycles. The van der Waals surface area contributed by atoms with E-state index in [-0.39, 0.29) is 23.7 Å². The van der Waals surface area contributed by atoms with E-state index in [1.54, 1.807) is 18.2 Å². The Morgan fingerprint density at radius 2 is 1.86 bits per heavy atom. The number of imide groups is 1. The Labute approximate surface area is 164 Å². The highest BCUT2D eigenvalue weighted by Gasteiger charge is 2.48. The molecule has 3 aliphatic rings. The van der Waals surface area contributed by atoms with E-state index in [0.717, 1.165) is 29.1 Å². The number of nitrogens with one attached hydrogen (secondary N) is 1. The summed E-state index contributed by atoms with van der Waals surface area (Å²) in [5.41, 5.74) is 1.69. The van der Waals surface area contributed by atoms with Gasteiger partial charge in [-0.3, -0.25) is 24.1 Å². The Bertz CT molecular complexity index is 916. The lowest BCUT2D eigenvalue weighted by Gasteiger charge is -2.19. The third-order valence-electron chi connectivity index (χ3n) is 5.14. The quantitative estimate of drug-likeness (QED) is 0.607. The average molecular weight is 402 g/mol. The number of likely N-dealkylation sites (tertiary alicyclic amines) is 1. The minimum absolute atomic E-state index is 0.307. The molecule has 9 nitrogen and oxygen atoms in total. The molecule has 1 aromatic rings. The van der Waals surface area contributed by atoms with Crippen LogP contribution in [0.1, 0.15) is 25.7 Å². The van der Waals surface area contributed by atoms with Crippen molar-refractivity contribution in [2.45, 2.75) is 25.7 Å². The fraction of sp³-hybridized carbons (Fsp3) is 0.444. The largest absolute Gasteiger partial charge is 0.454 e. The summed E-state index contributed by atoms with van der Waals surface area (Å²) in [4.78, 5) is 49.8. The van der Waals surface area contributed by atoms with E-state index in [9.17, 15) is 19.2 Å². The van der Waals surface area contributed by atoms with Crippen molar-refractivity contribution in [3.05, 3.63) is 18.2 Å². The third-order valence-corrected chi connectivity index (χ3v) is 5.69. The van der Waals surface area contributed by atoms with Gasteiger partial charge in [-0.15, -0.1) is 0 Å². The second kappa shape index (κ2) is 7.63. The number of benzene rings is 1. The molecule has 146 valence electrons. The summed E-state index contributed by atoms with van der Waals surface area (Å²) in [5, 5.41) is 2.62. The van der Waals surface area contributed by atoms with E-state index in [1.807, 2.05) is 0 Å². The van der Waals surface area contributed by atoms with Gasteiger partial charge in [0.05, 0.1) is 28.9 Å². The minimum Gasteiger partial charge on any atom is -0.454 e. The molecule has 1 N–H and O–H groups in total. The van der Waals surface area contributed by atoms with Crippen LogP contribution in [0.3, 0.4) is 0 Å². The van der Waals surface area contributed by atoms with E-state index >= 15 is 0 Å². The summed E-state index contributed by atoms with van der Waals surface area (Å²) < 4.78 is 13.2. The number of hydrogen-bond acceptors (Lipinski definition) is 7. The predicted octanol–water partition coefficient (Wildman–Crippen LogP) is 2.07. The smallest absolute Gasteiger partial charge is 0.326 e.